The fourth-order valence-corrected chi connectivity index (χ4v) is 4.93. The average Bonchev–Trinajstić information content (AvgIpc) is 3.69. The van der Waals surface area contributed by atoms with Gasteiger partial charge in [-0.25, -0.2) is 24.9 Å². The molecule has 16 heteroatoms. The van der Waals surface area contributed by atoms with Crippen LogP contribution in [0.4, 0.5) is 13.2 Å². The number of hydrogen-bond acceptors (Lipinski definition) is 11. The van der Waals surface area contributed by atoms with Crippen molar-refractivity contribution in [3.05, 3.63) is 59.6 Å². The van der Waals surface area contributed by atoms with E-state index in [1.165, 1.54) is 44.8 Å². The highest BCUT2D eigenvalue weighted by Crippen LogP contribution is 2.46. The Balaban J connectivity index is 1.53. The van der Waals surface area contributed by atoms with E-state index < -0.39 is 29.1 Å². The molecule has 1 unspecified atom stereocenters. The number of imidazole rings is 1. The maximum atomic E-state index is 13.5. The summed E-state index contributed by atoms with van der Waals surface area (Å²) in [7, 11) is 6.72. The van der Waals surface area contributed by atoms with E-state index in [-0.39, 0.29) is 59.2 Å². The summed E-state index contributed by atoms with van der Waals surface area (Å²) in [4.78, 5) is 21.4. The van der Waals surface area contributed by atoms with Crippen molar-refractivity contribution in [1.29, 1.82) is 0 Å². The summed E-state index contributed by atoms with van der Waals surface area (Å²) in [5.41, 5.74) is -1.90. The Kier molecular flexibility index (Phi) is 6.82. The maximum absolute atomic E-state index is 13.5. The van der Waals surface area contributed by atoms with Crippen LogP contribution in [0.2, 0.25) is 0 Å². The summed E-state index contributed by atoms with van der Waals surface area (Å²) in [5.74, 6) is -2.95. The van der Waals surface area contributed by atoms with Gasteiger partial charge in [0.2, 0.25) is 5.88 Å². The minimum Gasteiger partial charge on any atom is -0.493 e. The first-order valence-corrected chi connectivity index (χ1v) is 13.1. The van der Waals surface area contributed by atoms with E-state index in [9.17, 15) is 28.5 Å². The molecule has 2 bridgehead atoms. The van der Waals surface area contributed by atoms with Crippen LogP contribution >= 0.6 is 0 Å². The minimum atomic E-state index is -4.90. The highest BCUT2D eigenvalue weighted by Gasteiger charge is 2.39. The molecule has 4 aromatic rings. The van der Waals surface area contributed by atoms with Crippen molar-refractivity contribution >= 4 is 7.85 Å². The molecule has 3 N–H and O–H groups in total. The molecule has 43 heavy (non-hydrogen) atoms. The summed E-state index contributed by atoms with van der Waals surface area (Å²) < 4.78 is 58.2. The van der Waals surface area contributed by atoms with Gasteiger partial charge >= 0.3 is 6.18 Å². The number of hydrogen-bond donors (Lipinski definition) is 3. The first-order valence-electron chi connectivity index (χ1n) is 13.1. The molecule has 2 radical (unpaired) electrons. The second-order valence-electron chi connectivity index (χ2n) is 10.3. The predicted molar refractivity (Wildman–Crippen MR) is 142 cm³/mol. The van der Waals surface area contributed by atoms with Crippen LogP contribution in [0.3, 0.4) is 0 Å². The van der Waals surface area contributed by atoms with Crippen molar-refractivity contribution in [1.82, 2.24) is 29.5 Å². The fraction of sp³-hybridized carbons (Fsp3) is 0.370. The van der Waals surface area contributed by atoms with E-state index in [2.05, 4.69) is 24.9 Å². The molecule has 12 nitrogen and oxygen atoms in total. The van der Waals surface area contributed by atoms with E-state index >= 15 is 0 Å². The monoisotopic (exact) mass is 596 g/mol. The summed E-state index contributed by atoms with van der Waals surface area (Å²) in [5, 5.41) is 32.0. The predicted octanol–water partition coefficient (Wildman–Crippen LogP) is 2.45. The van der Waals surface area contributed by atoms with Gasteiger partial charge in [-0.15, -0.1) is 0 Å². The number of benzene rings is 1. The number of ether oxygens (including phenoxy) is 3. The summed E-state index contributed by atoms with van der Waals surface area (Å²) in [6.07, 6.45) is 0.132. The third-order valence-electron chi connectivity index (χ3n) is 7.16. The van der Waals surface area contributed by atoms with Crippen LogP contribution in [-0.4, -0.2) is 73.0 Å². The van der Waals surface area contributed by atoms with Gasteiger partial charge in [0.05, 0.1) is 19.0 Å². The smallest absolute Gasteiger partial charge is 0.434 e. The molecule has 1 aliphatic heterocycles. The van der Waals surface area contributed by atoms with Gasteiger partial charge in [0.15, 0.2) is 30.9 Å². The Morgan fingerprint density at radius 2 is 1.84 bits per heavy atom. The third kappa shape index (κ3) is 5.25. The zero-order valence-corrected chi connectivity index (χ0v) is 22.8. The minimum absolute atomic E-state index is 0.0112. The Hall–Kier alpha value is -4.28. The van der Waals surface area contributed by atoms with Crippen molar-refractivity contribution in [3.63, 3.8) is 0 Å². The van der Waals surface area contributed by atoms with Crippen LogP contribution in [0.5, 0.6) is 17.4 Å². The average molecular weight is 596 g/mol. The van der Waals surface area contributed by atoms with Crippen LogP contribution in [0.15, 0.2) is 36.9 Å². The third-order valence-corrected chi connectivity index (χ3v) is 7.16. The topological polar surface area (TPSA) is 158 Å². The normalized spacial score (nSPS) is 18.8. The molecule has 4 heterocycles. The van der Waals surface area contributed by atoms with Gasteiger partial charge in [-0.05, 0) is 25.8 Å². The van der Waals surface area contributed by atoms with E-state index in [1.54, 1.807) is 0 Å². The lowest BCUT2D eigenvalue weighted by Gasteiger charge is -2.28. The standard InChI is InChI=1S/C27H24BF3N6O6/c1-25(38)15-6-5-14(23-35-18(26(29,30)31)11-37(23)27(28,39)40)9-16(15)42-7-8-43-24-19(20(13-3-4-13)33-12-34-24)22-32-10-17(41-2)21(25)36-22/h5-6,9-13,38-40H,3-4,7-8H2,1-2H3. The number of aliphatic hydroxyl groups is 3. The number of fused-ring (bicyclic) bond motifs is 5. The lowest BCUT2D eigenvalue weighted by atomic mass is 9.89. The van der Waals surface area contributed by atoms with Gasteiger partial charge in [-0.1, -0.05) is 12.1 Å². The molecule has 0 amide bonds. The quantitative estimate of drug-likeness (QED) is 0.235. The lowest BCUT2D eigenvalue weighted by Crippen LogP contribution is -2.33. The van der Waals surface area contributed by atoms with Crippen molar-refractivity contribution in [2.75, 3.05) is 20.3 Å². The van der Waals surface area contributed by atoms with Crippen molar-refractivity contribution in [2.24, 2.45) is 0 Å². The van der Waals surface area contributed by atoms with Gasteiger partial charge in [-0.2, -0.15) is 13.2 Å². The Labute approximate surface area is 243 Å². The van der Waals surface area contributed by atoms with Crippen LogP contribution in [0, 0.1) is 0 Å². The van der Waals surface area contributed by atoms with Gasteiger partial charge in [0.25, 0.3) is 0 Å². The molecule has 0 saturated heterocycles. The highest BCUT2D eigenvalue weighted by molar-refractivity contribution is 6.11. The zero-order chi connectivity index (χ0) is 30.7. The van der Waals surface area contributed by atoms with Gasteiger partial charge < -0.3 is 29.5 Å². The fourth-order valence-electron chi connectivity index (χ4n) is 4.93. The first kappa shape index (κ1) is 28.8. The number of aromatic nitrogens is 6. The van der Waals surface area contributed by atoms with Crippen LogP contribution in [0.25, 0.3) is 22.8 Å². The summed E-state index contributed by atoms with van der Waals surface area (Å²) in [6, 6.07) is 4.01. The molecule has 3 aromatic heterocycles. The molecule has 6 rings (SSSR count). The summed E-state index contributed by atoms with van der Waals surface area (Å²) >= 11 is 0. The molecule has 1 aliphatic carbocycles. The molecule has 222 valence electrons. The molecule has 2 aliphatic rings. The Bertz CT molecular complexity index is 1700. The van der Waals surface area contributed by atoms with Crippen LogP contribution < -0.4 is 14.2 Å². The van der Waals surface area contributed by atoms with Crippen LogP contribution in [-0.2, 0) is 17.6 Å². The van der Waals surface area contributed by atoms with Gasteiger partial charge in [0, 0.05) is 23.2 Å². The molecule has 1 fully saturated rings. The molecule has 0 spiro atoms. The SMILES string of the molecule is [B]C(O)(O)n1cc(C(F)(F)F)nc1-c1ccc2c(c1)OCCOc1ncnc(C3CC3)c1-c1ncc(OC)c(n1)C2(C)O. The number of nitrogens with zero attached hydrogens (tertiary/aromatic N) is 6. The number of rotatable bonds is 4. The number of alkyl halides is 3. The number of halogens is 3. The van der Waals surface area contributed by atoms with Crippen molar-refractivity contribution < 1.29 is 42.7 Å². The first-order chi connectivity index (χ1) is 20.3. The Morgan fingerprint density at radius 1 is 1.09 bits per heavy atom. The Morgan fingerprint density at radius 3 is 2.51 bits per heavy atom. The molecule has 1 saturated carbocycles. The second kappa shape index (κ2) is 10.2. The maximum Gasteiger partial charge on any atom is 0.434 e. The molecule has 1 aromatic carbocycles. The van der Waals surface area contributed by atoms with Crippen molar-refractivity contribution in [3.8, 4) is 40.2 Å². The van der Waals surface area contributed by atoms with E-state index in [0.29, 0.717) is 16.3 Å². The van der Waals surface area contributed by atoms with Gasteiger partial charge in [-0.3, -0.25) is 4.57 Å². The molecular formula is C27H24BF3N6O6. The number of methoxy groups -OCH3 is 1. The molecule has 1 atom stereocenters. The van der Waals surface area contributed by atoms with Gasteiger partial charge in [0.1, 0.15) is 48.0 Å². The van der Waals surface area contributed by atoms with E-state index in [4.69, 9.17) is 22.1 Å². The van der Waals surface area contributed by atoms with E-state index in [0.717, 1.165) is 18.5 Å². The van der Waals surface area contributed by atoms with Crippen LogP contribution in [0.1, 0.15) is 48.3 Å². The summed E-state index contributed by atoms with van der Waals surface area (Å²) in [6.45, 7) is 1.35. The molecular weight excluding hydrogens is 572 g/mol. The zero-order valence-electron chi connectivity index (χ0n) is 22.8. The lowest BCUT2D eigenvalue weighted by molar-refractivity contribution is -0.153. The largest absolute Gasteiger partial charge is 0.493 e. The second-order valence-corrected chi connectivity index (χ2v) is 10.3. The highest BCUT2D eigenvalue weighted by atomic mass is 19.4. The van der Waals surface area contributed by atoms with Crippen molar-refractivity contribution in [2.45, 2.75) is 43.3 Å². The van der Waals surface area contributed by atoms with E-state index in [1.807, 2.05) is 0 Å².